The number of aryl methyl sites for hydroxylation is 1. The van der Waals surface area contributed by atoms with Gasteiger partial charge in [-0.25, -0.2) is 0 Å². The highest BCUT2D eigenvalue weighted by molar-refractivity contribution is 5.95. The number of hydrogen-bond acceptors (Lipinski definition) is 3. The molecule has 5 nitrogen and oxygen atoms in total. The summed E-state index contributed by atoms with van der Waals surface area (Å²) < 4.78 is 5.18. The Labute approximate surface area is 159 Å². The second-order valence-corrected chi connectivity index (χ2v) is 6.59. The van der Waals surface area contributed by atoms with E-state index in [2.05, 4.69) is 0 Å². The number of carbonyl (C=O) groups excluding carboxylic acids is 2. The monoisotopic (exact) mass is 364 g/mol. The van der Waals surface area contributed by atoms with Crippen molar-refractivity contribution in [2.24, 2.45) is 0 Å². The molecule has 3 rings (SSSR count). The Balaban J connectivity index is 1.55. The predicted molar refractivity (Wildman–Crippen MR) is 106 cm³/mol. The van der Waals surface area contributed by atoms with Crippen LogP contribution in [0.25, 0.3) is 6.08 Å². The number of methoxy groups -OCH3 is 1. The van der Waals surface area contributed by atoms with Crippen LogP contribution in [0.2, 0.25) is 0 Å². The lowest BCUT2D eigenvalue weighted by Crippen LogP contribution is -2.50. The number of amides is 2. The average molecular weight is 364 g/mol. The first-order valence-corrected chi connectivity index (χ1v) is 9.04. The molecule has 1 aliphatic rings. The second-order valence-electron chi connectivity index (χ2n) is 6.59. The normalized spacial score (nSPS) is 14.4. The van der Waals surface area contributed by atoms with Gasteiger partial charge in [-0.15, -0.1) is 0 Å². The van der Waals surface area contributed by atoms with Gasteiger partial charge in [0.05, 0.1) is 7.11 Å². The Hall–Kier alpha value is -3.08. The fourth-order valence-corrected chi connectivity index (χ4v) is 3.02. The van der Waals surface area contributed by atoms with Gasteiger partial charge in [0.25, 0.3) is 5.91 Å². The molecule has 1 fully saturated rings. The number of rotatable bonds is 4. The molecule has 0 unspecified atom stereocenters. The second kappa shape index (κ2) is 8.54. The van der Waals surface area contributed by atoms with E-state index in [-0.39, 0.29) is 11.8 Å². The number of ether oxygens (including phenoxy) is 1. The minimum absolute atomic E-state index is 0.0240. The van der Waals surface area contributed by atoms with Crippen LogP contribution in [0.3, 0.4) is 0 Å². The summed E-state index contributed by atoms with van der Waals surface area (Å²) in [6, 6.07) is 15.2. The molecule has 0 bridgehead atoms. The summed E-state index contributed by atoms with van der Waals surface area (Å²) in [4.78, 5) is 28.6. The zero-order valence-corrected chi connectivity index (χ0v) is 15.7. The van der Waals surface area contributed by atoms with E-state index in [1.807, 2.05) is 49.4 Å². The molecule has 0 radical (unpaired) electrons. The largest absolute Gasteiger partial charge is 0.497 e. The first-order valence-electron chi connectivity index (χ1n) is 9.04. The van der Waals surface area contributed by atoms with Crippen molar-refractivity contribution in [2.75, 3.05) is 33.3 Å². The number of piperazine rings is 1. The summed E-state index contributed by atoms with van der Waals surface area (Å²) in [5.41, 5.74) is 2.80. The average Bonchev–Trinajstić information content (AvgIpc) is 2.72. The van der Waals surface area contributed by atoms with E-state index < -0.39 is 0 Å². The van der Waals surface area contributed by atoms with Crippen LogP contribution in [0.15, 0.2) is 54.6 Å². The standard InChI is InChI=1S/C22H24N2O3/c1-17-6-8-18(9-7-17)10-11-21(25)23-12-14-24(15-13-23)22(26)19-4-3-5-20(16-19)27-2/h3-11,16H,12-15H2,1-2H3/b11-10+. The van der Waals surface area contributed by atoms with E-state index in [1.54, 1.807) is 35.1 Å². The van der Waals surface area contributed by atoms with E-state index in [4.69, 9.17) is 4.74 Å². The van der Waals surface area contributed by atoms with Gasteiger partial charge in [-0.1, -0.05) is 35.9 Å². The van der Waals surface area contributed by atoms with Crippen LogP contribution in [0.1, 0.15) is 21.5 Å². The van der Waals surface area contributed by atoms with Crippen LogP contribution < -0.4 is 4.74 Å². The molecule has 0 aromatic heterocycles. The van der Waals surface area contributed by atoms with Crippen LogP contribution in [0.5, 0.6) is 5.75 Å². The molecule has 0 aliphatic carbocycles. The third kappa shape index (κ3) is 4.76. The maximum atomic E-state index is 12.6. The number of benzene rings is 2. The van der Waals surface area contributed by atoms with Gasteiger partial charge in [0.15, 0.2) is 0 Å². The van der Waals surface area contributed by atoms with Crippen molar-refractivity contribution < 1.29 is 14.3 Å². The highest BCUT2D eigenvalue weighted by atomic mass is 16.5. The Bertz CT molecular complexity index is 835. The van der Waals surface area contributed by atoms with Crippen LogP contribution >= 0.6 is 0 Å². The van der Waals surface area contributed by atoms with Crippen LogP contribution in [0, 0.1) is 6.92 Å². The number of hydrogen-bond donors (Lipinski definition) is 0. The lowest BCUT2D eigenvalue weighted by molar-refractivity contribution is -0.127. The van der Waals surface area contributed by atoms with Crippen molar-refractivity contribution in [3.8, 4) is 5.75 Å². The molecule has 140 valence electrons. The van der Waals surface area contributed by atoms with E-state index in [1.165, 1.54) is 5.56 Å². The molecule has 0 saturated carbocycles. The maximum Gasteiger partial charge on any atom is 0.254 e. The summed E-state index contributed by atoms with van der Waals surface area (Å²) in [6.45, 7) is 4.16. The van der Waals surface area contributed by atoms with Crippen molar-refractivity contribution in [3.63, 3.8) is 0 Å². The van der Waals surface area contributed by atoms with Gasteiger partial charge in [-0.3, -0.25) is 9.59 Å². The summed E-state index contributed by atoms with van der Waals surface area (Å²) in [6.07, 6.45) is 3.43. The Morgan fingerprint density at radius 2 is 1.63 bits per heavy atom. The highest BCUT2D eigenvalue weighted by Gasteiger charge is 2.24. The van der Waals surface area contributed by atoms with Gasteiger partial charge in [0.2, 0.25) is 5.91 Å². The minimum Gasteiger partial charge on any atom is -0.497 e. The van der Waals surface area contributed by atoms with Gasteiger partial charge in [-0.2, -0.15) is 0 Å². The van der Waals surface area contributed by atoms with Crippen LogP contribution in [-0.2, 0) is 4.79 Å². The molecule has 2 aromatic carbocycles. The first-order chi connectivity index (χ1) is 13.1. The molecule has 0 N–H and O–H groups in total. The zero-order chi connectivity index (χ0) is 19.2. The van der Waals surface area contributed by atoms with E-state index in [9.17, 15) is 9.59 Å². The van der Waals surface area contributed by atoms with Crippen molar-refractivity contribution in [2.45, 2.75) is 6.92 Å². The quantitative estimate of drug-likeness (QED) is 0.784. The predicted octanol–water partition coefficient (Wildman–Crippen LogP) is 3.00. The summed E-state index contributed by atoms with van der Waals surface area (Å²) in [5, 5.41) is 0. The van der Waals surface area contributed by atoms with Gasteiger partial charge in [-0.05, 0) is 36.8 Å². The molecule has 1 heterocycles. The molecule has 0 spiro atoms. The van der Waals surface area contributed by atoms with Crippen LogP contribution in [0.4, 0.5) is 0 Å². The lowest BCUT2D eigenvalue weighted by atomic mass is 10.1. The van der Waals surface area contributed by atoms with Crippen molar-refractivity contribution in [3.05, 3.63) is 71.3 Å². The van der Waals surface area contributed by atoms with E-state index in [0.717, 1.165) is 5.56 Å². The maximum absolute atomic E-state index is 12.6. The van der Waals surface area contributed by atoms with E-state index >= 15 is 0 Å². The van der Waals surface area contributed by atoms with Gasteiger partial charge >= 0.3 is 0 Å². The summed E-state index contributed by atoms with van der Waals surface area (Å²) >= 11 is 0. The fourth-order valence-electron chi connectivity index (χ4n) is 3.02. The lowest BCUT2D eigenvalue weighted by Gasteiger charge is -2.34. The molecular formula is C22H24N2O3. The van der Waals surface area contributed by atoms with Crippen molar-refractivity contribution in [1.82, 2.24) is 9.80 Å². The molecular weight excluding hydrogens is 340 g/mol. The molecule has 5 heteroatoms. The first kappa shape index (κ1) is 18.7. The van der Waals surface area contributed by atoms with Gasteiger partial charge in [0, 0.05) is 37.8 Å². The Morgan fingerprint density at radius 3 is 2.30 bits per heavy atom. The summed E-state index contributed by atoms with van der Waals surface area (Å²) in [7, 11) is 1.58. The number of nitrogens with zero attached hydrogens (tertiary/aromatic N) is 2. The van der Waals surface area contributed by atoms with Gasteiger partial charge < -0.3 is 14.5 Å². The molecule has 1 saturated heterocycles. The Morgan fingerprint density at radius 1 is 0.963 bits per heavy atom. The molecule has 2 aromatic rings. The van der Waals surface area contributed by atoms with Crippen molar-refractivity contribution in [1.29, 1.82) is 0 Å². The van der Waals surface area contributed by atoms with Crippen LogP contribution in [-0.4, -0.2) is 54.9 Å². The molecule has 27 heavy (non-hydrogen) atoms. The van der Waals surface area contributed by atoms with E-state index in [0.29, 0.717) is 37.5 Å². The SMILES string of the molecule is COc1cccc(C(=O)N2CCN(C(=O)/C=C/c3ccc(C)cc3)CC2)c1. The number of carbonyl (C=O) groups is 2. The highest BCUT2D eigenvalue weighted by Crippen LogP contribution is 2.16. The third-order valence-electron chi connectivity index (χ3n) is 4.69. The molecule has 1 aliphatic heterocycles. The topological polar surface area (TPSA) is 49.9 Å². The third-order valence-corrected chi connectivity index (χ3v) is 4.69. The molecule has 2 amide bonds. The zero-order valence-electron chi connectivity index (χ0n) is 15.7. The van der Waals surface area contributed by atoms with Crippen molar-refractivity contribution >= 4 is 17.9 Å². The Kier molecular flexibility index (Phi) is 5.91. The fraction of sp³-hybridized carbons (Fsp3) is 0.273. The minimum atomic E-state index is -0.0313. The molecule has 0 atom stereocenters. The smallest absolute Gasteiger partial charge is 0.254 e. The van der Waals surface area contributed by atoms with Gasteiger partial charge in [0.1, 0.15) is 5.75 Å². The summed E-state index contributed by atoms with van der Waals surface area (Å²) in [5.74, 6) is 0.608.